The van der Waals surface area contributed by atoms with E-state index in [0.29, 0.717) is 0 Å². The van der Waals surface area contributed by atoms with E-state index < -0.39 is 0 Å². The number of rotatable bonds is 4. The van der Waals surface area contributed by atoms with Gasteiger partial charge in [-0.25, -0.2) is 4.98 Å². The van der Waals surface area contributed by atoms with Gasteiger partial charge in [0.15, 0.2) is 6.29 Å². The Hall–Kier alpha value is -2.96. The van der Waals surface area contributed by atoms with E-state index in [0.717, 1.165) is 48.0 Å². The first-order valence-corrected chi connectivity index (χ1v) is 9.71. The summed E-state index contributed by atoms with van der Waals surface area (Å²) >= 11 is 3.15. The van der Waals surface area contributed by atoms with E-state index in [9.17, 15) is 4.79 Å². The maximum atomic E-state index is 10.9. The molecule has 0 aliphatic carbocycles. The number of nitrogens with one attached hydrogen (secondary N) is 2. The second kappa shape index (κ2) is 6.09. The molecule has 0 saturated heterocycles. The minimum absolute atomic E-state index is 0.739. The van der Waals surface area contributed by atoms with Crippen molar-refractivity contribution in [2.75, 3.05) is 5.32 Å². The zero-order chi connectivity index (χ0) is 17.5. The molecule has 0 spiro atoms. The Morgan fingerprint density at radius 2 is 1.96 bits per heavy atom. The molecule has 126 valence electrons. The zero-order valence-electron chi connectivity index (χ0n) is 13.5. The summed E-state index contributed by atoms with van der Waals surface area (Å²) in [5.74, 6) is 0. The van der Waals surface area contributed by atoms with Crippen LogP contribution in [0.5, 0.6) is 0 Å². The maximum absolute atomic E-state index is 10.9. The number of anilines is 2. The lowest BCUT2D eigenvalue weighted by molar-refractivity contribution is 0.112. The number of benzene rings is 1. The third-order valence-electron chi connectivity index (χ3n) is 4.25. The van der Waals surface area contributed by atoms with Crippen LogP contribution in [0.3, 0.4) is 0 Å². The van der Waals surface area contributed by atoms with E-state index in [-0.39, 0.29) is 0 Å². The van der Waals surface area contributed by atoms with Crippen LogP contribution in [0.25, 0.3) is 30.9 Å². The molecule has 5 rings (SSSR count). The minimum Gasteiger partial charge on any atom is -0.361 e. The van der Waals surface area contributed by atoms with Crippen molar-refractivity contribution in [3.63, 3.8) is 0 Å². The highest BCUT2D eigenvalue weighted by molar-refractivity contribution is 7.26. The van der Waals surface area contributed by atoms with Crippen LogP contribution in [0.2, 0.25) is 0 Å². The second-order valence-corrected chi connectivity index (χ2v) is 8.06. The number of H-pyrrole nitrogens is 1. The molecule has 4 aromatic heterocycles. The van der Waals surface area contributed by atoms with Gasteiger partial charge in [0.05, 0.1) is 10.6 Å². The van der Waals surface area contributed by atoms with Gasteiger partial charge in [-0.1, -0.05) is 0 Å². The smallest absolute Gasteiger partial charge is 0.160 e. The number of aldehydes is 1. The van der Waals surface area contributed by atoms with E-state index in [2.05, 4.69) is 45.6 Å². The summed E-state index contributed by atoms with van der Waals surface area (Å²) in [5.41, 5.74) is 3.19. The van der Waals surface area contributed by atoms with Gasteiger partial charge >= 0.3 is 0 Å². The molecular weight excluding hydrogens is 362 g/mol. The number of aromatic amines is 1. The van der Waals surface area contributed by atoms with Crippen LogP contribution in [0.4, 0.5) is 11.4 Å². The van der Waals surface area contributed by atoms with Crippen molar-refractivity contribution in [1.82, 2.24) is 9.97 Å². The van der Waals surface area contributed by atoms with E-state index in [1.807, 2.05) is 30.6 Å². The van der Waals surface area contributed by atoms with Gasteiger partial charge in [0.1, 0.15) is 4.83 Å². The molecule has 0 aliphatic heterocycles. The molecule has 0 radical (unpaired) electrons. The standard InChI is InChI=1S/C20H13N3OS2/c24-11-14-2-4-18(25-14)19-10-15-17(6-8-22-20(15)26-19)23-13-1-3-16-12(9-13)5-7-21-16/h1-11,21H,(H,22,23). The normalized spacial score (nSPS) is 11.2. The highest BCUT2D eigenvalue weighted by atomic mass is 32.1. The number of carbonyl (C=O) groups is 1. The molecule has 4 nitrogen and oxygen atoms in total. The summed E-state index contributed by atoms with van der Waals surface area (Å²) in [6, 6.07) is 16.3. The SMILES string of the molecule is O=Cc1ccc(-c2cc3c(Nc4ccc5[nH]ccc5c4)ccnc3s2)s1. The first kappa shape index (κ1) is 15.3. The Balaban J connectivity index is 1.55. The maximum Gasteiger partial charge on any atom is 0.160 e. The van der Waals surface area contributed by atoms with Crippen molar-refractivity contribution in [2.45, 2.75) is 0 Å². The van der Waals surface area contributed by atoms with Crippen LogP contribution >= 0.6 is 22.7 Å². The number of hydrogen-bond acceptors (Lipinski definition) is 5. The molecule has 5 aromatic rings. The second-order valence-electron chi connectivity index (χ2n) is 5.91. The lowest BCUT2D eigenvalue weighted by Gasteiger charge is -2.07. The average Bonchev–Trinajstić information content (AvgIpc) is 3.39. The van der Waals surface area contributed by atoms with Crippen LogP contribution in [-0.4, -0.2) is 16.3 Å². The lowest BCUT2D eigenvalue weighted by Crippen LogP contribution is -1.90. The fourth-order valence-electron chi connectivity index (χ4n) is 3.01. The average molecular weight is 375 g/mol. The van der Waals surface area contributed by atoms with Gasteiger partial charge in [0, 0.05) is 44.1 Å². The third kappa shape index (κ3) is 2.60. The topological polar surface area (TPSA) is 57.8 Å². The van der Waals surface area contributed by atoms with Gasteiger partial charge < -0.3 is 10.3 Å². The molecule has 0 bridgehead atoms. The van der Waals surface area contributed by atoms with Gasteiger partial charge in [-0.3, -0.25) is 4.79 Å². The van der Waals surface area contributed by atoms with Crippen molar-refractivity contribution < 1.29 is 4.79 Å². The summed E-state index contributed by atoms with van der Waals surface area (Å²) in [7, 11) is 0. The van der Waals surface area contributed by atoms with Crippen molar-refractivity contribution in [1.29, 1.82) is 0 Å². The van der Waals surface area contributed by atoms with Crippen LogP contribution in [-0.2, 0) is 0 Å². The highest BCUT2D eigenvalue weighted by Gasteiger charge is 2.11. The molecule has 0 fully saturated rings. The molecule has 0 saturated carbocycles. The fourth-order valence-corrected chi connectivity index (χ4v) is 4.93. The van der Waals surface area contributed by atoms with E-state index in [1.54, 1.807) is 11.3 Å². The number of hydrogen-bond donors (Lipinski definition) is 2. The summed E-state index contributed by atoms with van der Waals surface area (Å²) in [6.07, 6.45) is 4.66. The minimum atomic E-state index is 0.739. The molecule has 2 N–H and O–H groups in total. The number of pyridine rings is 1. The van der Waals surface area contributed by atoms with Gasteiger partial charge in [-0.2, -0.15) is 0 Å². The first-order valence-electron chi connectivity index (χ1n) is 8.08. The van der Waals surface area contributed by atoms with Gasteiger partial charge in [0.25, 0.3) is 0 Å². The van der Waals surface area contributed by atoms with Crippen molar-refractivity contribution in [3.05, 3.63) is 65.8 Å². The summed E-state index contributed by atoms with van der Waals surface area (Å²) in [5, 5.41) is 5.77. The molecule has 6 heteroatoms. The van der Waals surface area contributed by atoms with Crippen molar-refractivity contribution in [2.24, 2.45) is 0 Å². The predicted octanol–water partition coefficient (Wildman–Crippen LogP) is 6.06. The van der Waals surface area contributed by atoms with Crippen LogP contribution in [0.1, 0.15) is 9.67 Å². The monoisotopic (exact) mass is 375 g/mol. The lowest BCUT2D eigenvalue weighted by atomic mass is 10.2. The van der Waals surface area contributed by atoms with Gasteiger partial charge in [0.2, 0.25) is 0 Å². The predicted molar refractivity (Wildman–Crippen MR) is 110 cm³/mol. The Kier molecular flexibility index (Phi) is 3.58. The number of carbonyl (C=O) groups excluding carboxylic acids is 1. The molecule has 4 heterocycles. The molecule has 0 unspecified atom stereocenters. The summed E-state index contributed by atoms with van der Waals surface area (Å²) < 4.78 is 0. The number of aromatic nitrogens is 2. The fraction of sp³-hybridized carbons (Fsp3) is 0. The van der Waals surface area contributed by atoms with E-state index in [1.165, 1.54) is 16.7 Å². The molecule has 0 atom stereocenters. The number of fused-ring (bicyclic) bond motifs is 2. The number of thiophene rings is 2. The van der Waals surface area contributed by atoms with Gasteiger partial charge in [-0.15, -0.1) is 22.7 Å². The van der Waals surface area contributed by atoms with E-state index in [4.69, 9.17) is 0 Å². The Morgan fingerprint density at radius 3 is 2.85 bits per heavy atom. The Bertz CT molecular complexity index is 1250. The van der Waals surface area contributed by atoms with Crippen LogP contribution in [0.15, 0.2) is 60.9 Å². The quantitative estimate of drug-likeness (QED) is 0.375. The largest absolute Gasteiger partial charge is 0.361 e. The van der Waals surface area contributed by atoms with Crippen LogP contribution < -0.4 is 5.32 Å². The molecular formula is C20H13N3OS2. The Labute approximate surface area is 157 Å². The Morgan fingerprint density at radius 1 is 1.00 bits per heavy atom. The zero-order valence-corrected chi connectivity index (χ0v) is 15.2. The van der Waals surface area contributed by atoms with Gasteiger partial charge in [-0.05, 0) is 48.5 Å². The third-order valence-corrected chi connectivity index (χ3v) is 6.50. The van der Waals surface area contributed by atoms with Crippen molar-refractivity contribution >= 4 is 61.5 Å². The number of nitrogens with zero attached hydrogens (tertiary/aromatic N) is 1. The molecule has 26 heavy (non-hydrogen) atoms. The van der Waals surface area contributed by atoms with E-state index >= 15 is 0 Å². The summed E-state index contributed by atoms with van der Waals surface area (Å²) in [6.45, 7) is 0. The van der Waals surface area contributed by atoms with Crippen LogP contribution in [0, 0.1) is 0 Å². The molecule has 0 amide bonds. The molecule has 0 aliphatic rings. The summed E-state index contributed by atoms with van der Waals surface area (Å²) in [4.78, 5) is 22.6. The van der Waals surface area contributed by atoms with Crippen molar-refractivity contribution in [3.8, 4) is 9.75 Å². The highest BCUT2D eigenvalue weighted by Crippen LogP contribution is 2.39. The first-order chi connectivity index (χ1) is 12.8. The molecule has 1 aromatic carbocycles.